The monoisotopic (exact) mass is 421 g/mol. The summed E-state index contributed by atoms with van der Waals surface area (Å²) in [5.74, 6) is 0.556. The van der Waals surface area contributed by atoms with Gasteiger partial charge in [-0.15, -0.1) is 0 Å². The number of aryl methyl sites for hydroxylation is 1. The van der Waals surface area contributed by atoms with Gasteiger partial charge in [-0.25, -0.2) is 4.79 Å². The van der Waals surface area contributed by atoms with Crippen molar-refractivity contribution in [3.05, 3.63) is 77.3 Å². The number of hydrogen-bond donors (Lipinski definition) is 2. The van der Waals surface area contributed by atoms with Gasteiger partial charge in [0.1, 0.15) is 17.6 Å². The highest BCUT2D eigenvalue weighted by Gasteiger charge is 2.41. The molecule has 6 nitrogen and oxygen atoms in total. The third-order valence-electron chi connectivity index (χ3n) is 5.32. The second-order valence-corrected chi connectivity index (χ2v) is 7.74. The van der Waals surface area contributed by atoms with Crippen molar-refractivity contribution in [1.82, 2.24) is 15.2 Å². The van der Waals surface area contributed by atoms with E-state index in [2.05, 4.69) is 22.1 Å². The molecule has 2 N–H and O–H groups in total. The lowest BCUT2D eigenvalue weighted by molar-refractivity contribution is 0.0697. The highest BCUT2D eigenvalue weighted by Crippen LogP contribution is 2.40. The van der Waals surface area contributed by atoms with Gasteiger partial charge in [-0.2, -0.15) is 0 Å². The fourth-order valence-electron chi connectivity index (χ4n) is 3.93. The van der Waals surface area contributed by atoms with Crippen LogP contribution in [0.4, 0.5) is 0 Å². The zero-order valence-corrected chi connectivity index (χ0v) is 17.6. The van der Waals surface area contributed by atoms with Crippen LogP contribution in [0.25, 0.3) is 11.3 Å². The van der Waals surface area contributed by atoms with E-state index in [1.165, 1.54) is 0 Å². The van der Waals surface area contributed by atoms with Crippen molar-refractivity contribution >= 4 is 23.3 Å². The first-order valence-electron chi connectivity index (χ1n) is 9.91. The van der Waals surface area contributed by atoms with E-state index in [9.17, 15) is 9.90 Å². The molecule has 0 aliphatic carbocycles. The van der Waals surface area contributed by atoms with Gasteiger partial charge in [-0.3, -0.25) is 4.98 Å². The topological polar surface area (TPSA) is 78.6 Å². The van der Waals surface area contributed by atoms with Crippen LogP contribution in [0.5, 0.6) is 0 Å². The van der Waals surface area contributed by atoms with Crippen LogP contribution in [0.2, 0.25) is 0 Å². The Kier molecular flexibility index (Phi) is 5.55. The summed E-state index contributed by atoms with van der Waals surface area (Å²) in [6, 6.07) is 14.6. The number of hydrogen-bond acceptors (Lipinski definition) is 4. The van der Waals surface area contributed by atoms with E-state index in [0.717, 1.165) is 35.5 Å². The maximum atomic E-state index is 11.2. The van der Waals surface area contributed by atoms with Gasteiger partial charge >= 0.3 is 5.97 Å². The largest absolute Gasteiger partial charge is 0.478 e. The van der Waals surface area contributed by atoms with E-state index in [4.69, 9.17) is 16.6 Å². The maximum Gasteiger partial charge on any atom is 0.335 e. The quantitative estimate of drug-likeness (QED) is 0.557. The Hall–Kier alpha value is -3.19. The smallest absolute Gasteiger partial charge is 0.335 e. The number of pyridine rings is 1. The minimum atomic E-state index is -0.941. The molecule has 0 spiro atoms. The number of nitrogens with zero attached hydrogens (tertiary/aromatic N) is 2. The minimum Gasteiger partial charge on any atom is -0.478 e. The van der Waals surface area contributed by atoms with Crippen LogP contribution in [0.3, 0.4) is 0 Å². The Morgan fingerprint density at radius 2 is 2.10 bits per heavy atom. The number of thiocarbonyl (C=S) groups is 1. The van der Waals surface area contributed by atoms with Gasteiger partial charge in [-0.1, -0.05) is 19.1 Å². The lowest BCUT2D eigenvalue weighted by atomic mass is 10.0. The molecule has 0 saturated carbocycles. The lowest BCUT2D eigenvalue weighted by Gasteiger charge is -2.25. The van der Waals surface area contributed by atoms with E-state index in [-0.39, 0.29) is 17.6 Å². The number of carboxylic acid groups (broad SMARTS) is 1. The molecule has 1 fully saturated rings. The predicted molar refractivity (Wildman–Crippen MR) is 118 cm³/mol. The first-order chi connectivity index (χ1) is 14.5. The molecule has 1 aliphatic rings. The van der Waals surface area contributed by atoms with Crippen molar-refractivity contribution in [3.8, 4) is 11.3 Å². The molecule has 1 saturated heterocycles. The Morgan fingerprint density at radius 3 is 2.77 bits per heavy atom. The van der Waals surface area contributed by atoms with Crippen LogP contribution in [0, 0.1) is 6.92 Å². The zero-order valence-electron chi connectivity index (χ0n) is 16.8. The maximum absolute atomic E-state index is 11.2. The van der Waals surface area contributed by atoms with E-state index in [1.54, 1.807) is 24.4 Å². The molecule has 0 bridgehead atoms. The van der Waals surface area contributed by atoms with E-state index in [1.807, 2.05) is 37.3 Å². The second-order valence-electron chi connectivity index (χ2n) is 7.36. The average Bonchev–Trinajstić information content (AvgIpc) is 3.34. The van der Waals surface area contributed by atoms with Crippen molar-refractivity contribution in [1.29, 1.82) is 0 Å². The van der Waals surface area contributed by atoms with Crippen LogP contribution >= 0.6 is 12.2 Å². The highest BCUT2D eigenvalue weighted by molar-refractivity contribution is 7.80. The number of aromatic nitrogens is 1. The van der Waals surface area contributed by atoms with Gasteiger partial charge in [0.15, 0.2) is 5.11 Å². The summed E-state index contributed by atoms with van der Waals surface area (Å²) in [6.45, 7) is 4.81. The number of aromatic carboxylic acids is 1. The summed E-state index contributed by atoms with van der Waals surface area (Å²) in [7, 11) is 0. The summed E-state index contributed by atoms with van der Waals surface area (Å²) < 4.78 is 6.29. The summed E-state index contributed by atoms with van der Waals surface area (Å²) in [5.41, 5.74) is 2.89. The fraction of sp³-hybridized carbons (Fsp3) is 0.261. The van der Waals surface area contributed by atoms with Crippen molar-refractivity contribution < 1.29 is 14.3 Å². The van der Waals surface area contributed by atoms with Gasteiger partial charge in [-0.05, 0) is 67.5 Å². The molecule has 0 radical (unpaired) electrons. The molecule has 2 atom stereocenters. The van der Waals surface area contributed by atoms with Gasteiger partial charge in [0.2, 0.25) is 0 Å². The molecule has 3 aromatic rings. The molecule has 30 heavy (non-hydrogen) atoms. The minimum absolute atomic E-state index is 0.111. The second kappa shape index (κ2) is 8.28. The molecule has 1 aromatic carbocycles. The highest BCUT2D eigenvalue weighted by atomic mass is 32.1. The number of nitrogens with one attached hydrogen (secondary N) is 1. The van der Waals surface area contributed by atoms with Crippen LogP contribution < -0.4 is 5.32 Å². The molecular formula is C23H23N3O3S. The third-order valence-corrected chi connectivity index (χ3v) is 5.67. The predicted octanol–water partition coefficient (Wildman–Crippen LogP) is 4.73. The van der Waals surface area contributed by atoms with Crippen molar-refractivity contribution in [2.75, 3.05) is 6.54 Å². The summed E-state index contributed by atoms with van der Waals surface area (Å²) >= 11 is 5.61. The van der Waals surface area contributed by atoms with Crippen LogP contribution in [0.1, 0.15) is 52.8 Å². The number of carboxylic acids is 1. The van der Waals surface area contributed by atoms with Crippen LogP contribution in [-0.2, 0) is 0 Å². The number of rotatable bonds is 6. The number of carbonyl (C=O) groups is 1. The zero-order chi connectivity index (χ0) is 21.3. The Balaban J connectivity index is 1.72. The number of furan rings is 1. The third kappa shape index (κ3) is 3.68. The van der Waals surface area contributed by atoms with Gasteiger partial charge in [0.05, 0.1) is 17.3 Å². The van der Waals surface area contributed by atoms with E-state index >= 15 is 0 Å². The standard InChI is InChI=1S/C23H23N3O3S/c1-3-12-26-21(20(25-23(26)30)17-6-4-5-11-24-17)19-10-9-18(29-19)16-8-7-15(22(27)28)13-14(16)2/h4-11,13,20-21H,3,12H2,1-2H3,(H,25,30)(H,27,28)/t20-,21-/m0/s1. The Morgan fingerprint density at radius 1 is 1.27 bits per heavy atom. The molecule has 0 amide bonds. The molecule has 4 rings (SSSR count). The Bertz CT molecular complexity index is 1080. The molecule has 3 heterocycles. The number of benzene rings is 1. The first-order valence-corrected chi connectivity index (χ1v) is 10.3. The van der Waals surface area contributed by atoms with Crippen molar-refractivity contribution in [2.45, 2.75) is 32.4 Å². The summed E-state index contributed by atoms with van der Waals surface area (Å²) in [6.07, 6.45) is 2.73. The normalized spacial score (nSPS) is 18.5. The Labute approximate surface area is 180 Å². The molecule has 2 aromatic heterocycles. The van der Waals surface area contributed by atoms with Crippen LogP contribution in [0.15, 0.2) is 59.1 Å². The first kappa shape index (κ1) is 20.1. The summed E-state index contributed by atoms with van der Waals surface area (Å²) in [5, 5.41) is 13.3. The van der Waals surface area contributed by atoms with Crippen molar-refractivity contribution in [3.63, 3.8) is 0 Å². The molecular weight excluding hydrogens is 398 g/mol. The SMILES string of the molecule is CCCN1C(=S)N[C@@H](c2ccccn2)[C@@H]1c1ccc(-c2ccc(C(=O)O)cc2C)o1. The van der Waals surface area contributed by atoms with E-state index < -0.39 is 5.97 Å². The molecule has 0 unspecified atom stereocenters. The van der Waals surface area contributed by atoms with Gasteiger partial charge < -0.3 is 19.7 Å². The average molecular weight is 422 g/mol. The van der Waals surface area contributed by atoms with Gasteiger partial charge in [0.25, 0.3) is 0 Å². The molecule has 154 valence electrons. The van der Waals surface area contributed by atoms with Crippen LogP contribution in [-0.4, -0.2) is 32.6 Å². The summed E-state index contributed by atoms with van der Waals surface area (Å²) in [4.78, 5) is 17.9. The van der Waals surface area contributed by atoms with Gasteiger partial charge in [0, 0.05) is 18.3 Å². The van der Waals surface area contributed by atoms with Crippen molar-refractivity contribution in [2.24, 2.45) is 0 Å². The van der Waals surface area contributed by atoms with E-state index in [0.29, 0.717) is 10.9 Å². The lowest BCUT2D eigenvalue weighted by Crippen LogP contribution is -2.30. The molecule has 1 aliphatic heterocycles. The fourth-order valence-corrected chi connectivity index (χ4v) is 4.26. The molecule has 7 heteroatoms.